The Morgan fingerprint density at radius 1 is 0.966 bits per heavy atom. The van der Waals surface area contributed by atoms with Crippen molar-refractivity contribution < 1.29 is 4.74 Å². The van der Waals surface area contributed by atoms with Gasteiger partial charge in [-0.1, -0.05) is 49.2 Å². The molecule has 0 aliphatic heterocycles. The predicted octanol–water partition coefficient (Wildman–Crippen LogP) is 5.23. The summed E-state index contributed by atoms with van der Waals surface area (Å²) in [6.45, 7) is 9.05. The third-order valence-corrected chi connectivity index (χ3v) is 5.51. The summed E-state index contributed by atoms with van der Waals surface area (Å²) in [5.74, 6) is 0.600. The number of nitrogens with one attached hydrogen (secondary N) is 1. The number of halogens is 3. The maximum Gasteiger partial charge on any atom is 0.203 e. The average Bonchev–Trinajstić information content (AvgIpc) is 2.96. The summed E-state index contributed by atoms with van der Waals surface area (Å²) >= 11 is 12.1. The van der Waals surface area contributed by atoms with E-state index in [0.29, 0.717) is 34.6 Å². The molecule has 158 valence electrons. The first-order valence-corrected chi connectivity index (χ1v) is 10.3. The highest BCUT2D eigenvalue weighted by atomic mass is 79.9. The van der Waals surface area contributed by atoms with Gasteiger partial charge >= 0.3 is 0 Å². The number of aromatic nitrogens is 2. The monoisotopic (exact) mass is 500 g/mol. The second-order valence-corrected chi connectivity index (χ2v) is 7.41. The van der Waals surface area contributed by atoms with Crippen LogP contribution in [-0.4, -0.2) is 40.3 Å². The van der Waals surface area contributed by atoms with Crippen LogP contribution in [-0.2, 0) is 13.1 Å². The van der Waals surface area contributed by atoms with Gasteiger partial charge in [0.15, 0.2) is 0 Å². The number of rotatable bonds is 9. The minimum absolute atomic E-state index is 0. The van der Waals surface area contributed by atoms with Crippen molar-refractivity contribution in [3.05, 3.63) is 58.1 Å². The second-order valence-electron chi connectivity index (χ2n) is 6.57. The standard InChI is InChI=1S/C21H26Cl2N4O.BrH/c1-3-25(4-2)11-12-26-18-7-5-6-8-19(18)27(21(26)24)13-14-28-20-10-9-16(22)15-17(20)23;/h5-10,15,24H,3-4,11-14H2,1-2H3;1H. The van der Waals surface area contributed by atoms with E-state index in [4.69, 9.17) is 33.3 Å². The number of fused-ring (bicyclic) bond motifs is 1. The van der Waals surface area contributed by atoms with Gasteiger partial charge in [0.1, 0.15) is 12.4 Å². The van der Waals surface area contributed by atoms with Crippen LogP contribution >= 0.6 is 40.2 Å². The van der Waals surface area contributed by atoms with Crippen LogP contribution in [0.1, 0.15) is 13.8 Å². The number of nitrogens with zero attached hydrogens (tertiary/aromatic N) is 3. The summed E-state index contributed by atoms with van der Waals surface area (Å²) in [5, 5.41) is 9.77. The molecule has 0 unspecified atom stereocenters. The van der Waals surface area contributed by atoms with Crippen LogP contribution in [0.15, 0.2) is 42.5 Å². The third kappa shape index (κ3) is 5.57. The van der Waals surface area contributed by atoms with Crippen LogP contribution in [0.4, 0.5) is 0 Å². The Hall–Kier alpha value is -1.47. The zero-order chi connectivity index (χ0) is 20.1. The Kier molecular flexibility index (Phi) is 9.08. The molecule has 5 nitrogen and oxygen atoms in total. The van der Waals surface area contributed by atoms with Gasteiger partial charge in [-0.05, 0) is 43.4 Å². The first-order chi connectivity index (χ1) is 13.5. The molecule has 0 bridgehead atoms. The lowest BCUT2D eigenvalue weighted by Crippen LogP contribution is -2.32. The molecule has 0 radical (unpaired) electrons. The van der Waals surface area contributed by atoms with Gasteiger partial charge in [-0.2, -0.15) is 0 Å². The summed E-state index contributed by atoms with van der Waals surface area (Å²) in [6, 6.07) is 13.3. The SMILES string of the molecule is Br.CCN(CC)CCn1c(=N)n(CCOc2ccc(Cl)cc2Cl)c2ccccc21. The lowest BCUT2D eigenvalue weighted by molar-refractivity contribution is 0.284. The van der Waals surface area contributed by atoms with Crippen molar-refractivity contribution in [2.24, 2.45) is 0 Å². The highest BCUT2D eigenvalue weighted by molar-refractivity contribution is 8.93. The second kappa shape index (κ2) is 11.1. The molecule has 1 N–H and O–H groups in total. The number of benzene rings is 2. The highest BCUT2D eigenvalue weighted by Gasteiger charge is 2.12. The molecular formula is C21H27BrCl2N4O. The van der Waals surface area contributed by atoms with Crippen LogP contribution in [0.3, 0.4) is 0 Å². The fraction of sp³-hybridized carbons (Fsp3) is 0.381. The van der Waals surface area contributed by atoms with E-state index in [2.05, 4.69) is 35.4 Å². The summed E-state index contributed by atoms with van der Waals surface area (Å²) in [6.07, 6.45) is 0. The lowest BCUT2D eigenvalue weighted by Gasteiger charge is -2.18. The Morgan fingerprint density at radius 3 is 2.17 bits per heavy atom. The van der Waals surface area contributed by atoms with Gasteiger partial charge in [0.2, 0.25) is 5.62 Å². The van der Waals surface area contributed by atoms with Gasteiger partial charge in [0, 0.05) is 18.1 Å². The van der Waals surface area contributed by atoms with E-state index in [1.165, 1.54) is 0 Å². The first-order valence-electron chi connectivity index (χ1n) is 9.58. The Labute approximate surface area is 192 Å². The maximum atomic E-state index is 8.70. The van der Waals surface area contributed by atoms with Gasteiger partial charge in [0.05, 0.1) is 22.6 Å². The molecule has 0 atom stereocenters. The van der Waals surface area contributed by atoms with Gasteiger partial charge in [-0.25, -0.2) is 0 Å². The van der Waals surface area contributed by atoms with E-state index in [0.717, 1.165) is 37.2 Å². The van der Waals surface area contributed by atoms with Crippen molar-refractivity contribution in [2.75, 3.05) is 26.2 Å². The van der Waals surface area contributed by atoms with Crippen LogP contribution < -0.4 is 10.4 Å². The minimum Gasteiger partial charge on any atom is -0.490 e. The molecule has 1 heterocycles. The van der Waals surface area contributed by atoms with E-state index in [1.807, 2.05) is 16.7 Å². The molecule has 0 fully saturated rings. The number of para-hydroxylation sites is 2. The number of likely N-dealkylation sites (N-methyl/N-ethyl adjacent to an activating group) is 1. The van der Waals surface area contributed by atoms with Crippen molar-refractivity contribution in [1.29, 1.82) is 5.41 Å². The minimum atomic E-state index is 0. The summed E-state index contributed by atoms with van der Waals surface area (Å²) in [4.78, 5) is 2.37. The van der Waals surface area contributed by atoms with Crippen LogP contribution in [0.2, 0.25) is 10.0 Å². The van der Waals surface area contributed by atoms with Crippen LogP contribution in [0.25, 0.3) is 11.0 Å². The van der Waals surface area contributed by atoms with Crippen molar-refractivity contribution in [3.8, 4) is 5.75 Å². The summed E-state index contributed by atoms with van der Waals surface area (Å²) in [7, 11) is 0. The average molecular weight is 502 g/mol. The molecule has 29 heavy (non-hydrogen) atoms. The molecule has 0 saturated heterocycles. The molecule has 3 aromatic rings. The van der Waals surface area contributed by atoms with Gasteiger partial charge in [-0.3, -0.25) is 5.41 Å². The molecule has 1 aromatic heterocycles. The predicted molar refractivity (Wildman–Crippen MR) is 126 cm³/mol. The van der Waals surface area contributed by atoms with E-state index >= 15 is 0 Å². The number of ether oxygens (including phenoxy) is 1. The van der Waals surface area contributed by atoms with Crippen molar-refractivity contribution >= 4 is 51.2 Å². The van der Waals surface area contributed by atoms with Crippen molar-refractivity contribution in [2.45, 2.75) is 26.9 Å². The number of hydrogen-bond acceptors (Lipinski definition) is 3. The van der Waals surface area contributed by atoms with Crippen LogP contribution in [0.5, 0.6) is 5.75 Å². The Balaban J connectivity index is 0.00000300. The Morgan fingerprint density at radius 2 is 1.59 bits per heavy atom. The number of hydrogen-bond donors (Lipinski definition) is 1. The molecule has 8 heteroatoms. The lowest BCUT2D eigenvalue weighted by atomic mass is 10.3. The van der Waals surface area contributed by atoms with E-state index in [9.17, 15) is 0 Å². The van der Waals surface area contributed by atoms with Crippen molar-refractivity contribution in [1.82, 2.24) is 14.0 Å². The summed E-state index contributed by atoms with van der Waals surface area (Å²) < 4.78 is 9.89. The Bertz CT molecular complexity index is 998. The normalized spacial score (nSPS) is 11.1. The van der Waals surface area contributed by atoms with Gasteiger partial charge < -0.3 is 18.8 Å². The third-order valence-electron chi connectivity index (χ3n) is 4.98. The molecular weight excluding hydrogens is 475 g/mol. The van der Waals surface area contributed by atoms with E-state index in [-0.39, 0.29) is 17.0 Å². The summed E-state index contributed by atoms with van der Waals surface area (Å²) in [5.41, 5.74) is 2.60. The van der Waals surface area contributed by atoms with Crippen molar-refractivity contribution in [3.63, 3.8) is 0 Å². The molecule has 3 rings (SSSR count). The van der Waals surface area contributed by atoms with E-state index < -0.39 is 0 Å². The largest absolute Gasteiger partial charge is 0.490 e. The topological polar surface area (TPSA) is 46.2 Å². The zero-order valence-corrected chi connectivity index (χ0v) is 19.9. The fourth-order valence-electron chi connectivity index (χ4n) is 3.37. The molecule has 2 aromatic carbocycles. The number of imidazole rings is 1. The highest BCUT2D eigenvalue weighted by Crippen LogP contribution is 2.27. The maximum absolute atomic E-state index is 8.70. The zero-order valence-electron chi connectivity index (χ0n) is 16.7. The molecule has 0 spiro atoms. The van der Waals surface area contributed by atoms with E-state index in [1.54, 1.807) is 18.2 Å². The molecule has 0 aliphatic rings. The first kappa shape index (κ1) is 23.8. The quantitative estimate of drug-likeness (QED) is 0.436. The molecule has 0 amide bonds. The smallest absolute Gasteiger partial charge is 0.203 e. The molecule has 0 saturated carbocycles. The van der Waals surface area contributed by atoms with Crippen LogP contribution in [0, 0.1) is 5.41 Å². The molecule has 0 aliphatic carbocycles. The van der Waals surface area contributed by atoms with Gasteiger partial charge in [-0.15, -0.1) is 17.0 Å². The van der Waals surface area contributed by atoms with Gasteiger partial charge in [0.25, 0.3) is 0 Å². The fourth-order valence-corrected chi connectivity index (χ4v) is 3.83.